The van der Waals surface area contributed by atoms with E-state index in [0.717, 1.165) is 38.1 Å². The number of rotatable bonds is 6. The molecule has 0 saturated carbocycles. The van der Waals surface area contributed by atoms with E-state index in [0.29, 0.717) is 12.0 Å². The minimum atomic E-state index is -0.322. The molecule has 1 unspecified atom stereocenters. The quantitative estimate of drug-likeness (QED) is 0.875. The second-order valence-electron chi connectivity index (χ2n) is 6.18. The maximum Gasteiger partial charge on any atom is 0.239 e. The Balaban J connectivity index is 1.94. The van der Waals surface area contributed by atoms with Crippen LogP contribution in [0.3, 0.4) is 0 Å². The second kappa shape index (κ2) is 7.57. The molecular formula is C17H26N2O2. The summed E-state index contributed by atoms with van der Waals surface area (Å²) in [6.45, 7) is 6.83. The fourth-order valence-corrected chi connectivity index (χ4v) is 2.82. The van der Waals surface area contributed by atoms with Crippen LogP contribution in [-0.2, 0) is 9.53 Å². The molecule has 1 amide bonds. The van der Waals surface area contributed by atoms with Crippen molar-refractivity contribution in [1.29, 1.82) is 0 Å². The van der Waals surface area contributed by atoms with Crippen LogP contribution in [0, 0.1) is 5.92 Å². The molecule has 1 fully saturated rings. The van der Waals surface area contributed by atoms with Gasteiger partial charge in [-0.2, -0.15) is 0 Å². The van der Waals surface area contributed by atoms with E-state index in [4.69, 9.17) is 10.5 Å². The number of likely N-dealkylation sites (tertiary alicyclic amines) is 1. The van der Waals surface area contributed by atoms with E-state index in [1.807, 2.05) is 30.3 Å². The molecule has 0 spiro atoms. The lowest BCUT2D eigenvalue weighted by molar-refractivity contribution is -0.124. The number of carbonyl (C=O) groups is 1. The third-order valence-corrected chi connectivity index (χ3v) is 3.89. The van der Waals surface area contributed by atoms with Crippen LogP contribution in [0.5, 0.6) is 0 Å². The zero-order chi connectivity index (χ0) is 15.2. The third kappa shape index (κ3) is 4.55. The van der Waals surface area contributed by atoms with E-state index in [9.17, 15) is 4.79 Å². The highest BCUT2D eigenvalue weighted by Crippen LogP contribution is 2.25. The highest BCUT2D eigenvalue weighted by atomic mass is 16.5. The minimum absolute atomic E-state index is 0.275. The standard InChI is InChI=1S/C17H26N2O2/c1-13(2)12-21-15-8-10-19(11-9-15)16(17(18)20)14-6-4-3-5-7-14/h3-7,13,15-16H,8-12H2,1-2H3,(H2,18,20). The molecule has 2 N–H and O–H groups in total. The number of primary amides is 1. The highest BCUT2D eigenvalue weighted by molar-refractivity contribution is 5.81. The first-order chi connectivity index (χ1) is 10.1. The highest BCUT2D eigenvalue weighted by Gasteiger charge is 2.29. The van der Waals surface area contributed by atoms with Crippen molar-refractivity contribution in [1.82, 2.24) is 4.90 Å². The topological polar surface area (TPSA) is 55.6 Å². The molecule has 1 saturated heterocycles. The first-order valence-corrected chi connectivity index (χ1v) is 7.78. The lowest BCUT2D eigenvalue weighted by Crippen LogP contribution is -2.44. The van der Waals surface area contributed by atoms with Gasteiger partial charge < -0.3 is 10.5 Å². The number of hydrogen-bond acceptors (Lipinski definition) is 3. The van der Waals surface area contributed by atoms with Gasteiger partial charge in [0.05, 0.1) is 6.10 Å². The van der Waals surface area contributed by atoms with Gasteiger partial charge in [0.1, 0.15) is 6.04 Å². The molecule has 0 aliphatic carbocycles. The van der Waals surface area contributed by atoms with Crippen LogP contribution in [0.25, 0.3) is 0 Å². The number of carbonyl (C=O) groups excluding carboxylic acids is 1. The van der Waals surface area contributed by atoms with Gasteiger partial charge in [-0.3, -0.25) is 9.69 Å². The molecule has 1 aromatic rings. The summed E-state index contributed by atoms with van der Waals surface area (Å²) in [7, 11) is 0. The Labute approximate surface area is 127 Å². The third-order valence-electron chi connectivity index (χ3n) is 3.89. The maximum absolute atomic E-state index is 11.8. The van der Waals surface area contributed by atoms with Crippen molar-refractivity contribution in [3.63, 3.8) is 0 Å². The van der Waals surface area contributed by atoms with E-state index in [-0.39, 0.29) is 11.9 Å². The molecule has 1 heterocycles. The number of hydrogen-bond donors (Lipinski definition) is 1. The fraction of sp³-hybridized carbons (Fsp3) is 0.588. The Morgan fingerprint density at radius 1 is 1.29 bits per heavy atom. The maximum atomic E-state index is 11.8. The molecule has 1 aromatic carbocycles. The van der Waals surface area contributed by atoms with E-state index in [1.165, 1.54) is 0 Å². The molecule has 1 aliphatic rings. The molecule has 21 heavy (non-hydrogen) atoms. The van der Waals surface area contributed by atoms with Crippen molar-refractivity contribution >= 4 is 5.91 Å². The van der Waals surface area contributed by atoms with Gasteiger partial charge in [0.2, 0.25) is 5.91 Å². The van der Waals surface area contributed by atoms with Crippen molar-refractivity contribution in [3.05, 3.63) is 35.9 Å². The van der Waals surface area contributed by atoms with Gasteiger partial charge in [-0.15, -0.1) is 0 Å². The summed E-state index contributed by atoms with van der Waals surface area (Å²) < 4.78 is 5.90. The van der Waals surface area contributed by atoms with Crippen LogP contribution in [0.4, 0.5) is 0 Å². The summed E-state index contributed by atoms with van der Waals surface area (Å²) >= 11 is 0. The Morgan fingerprint density at radius 3 is 2.43 bits per heavy atom. The Bertz CT molecular complexity index is 439. The molecule has 1 aliphatic heterocycles. The molecule has 2 rings (SSSR count). The Hall–Kier alpha value is -1.39. The van der Waals surface area contributed by atoms with Crippen molar-refractivity contribution in [2.45, 2.75) is 38.8 Å². The summed E-state index contributed by atoms with van der Waals surface area (Å²) in [5, 5.41) is 0. The predicted molar refractivity (Wildman–Crippen MR) is 83.8 cm³/mol. The number of nitrogens with zero attached hydrogens (tertiary/aromatic N) is 1. The minimum Gasteiger partial charge on any atom is -0.378 e. The fourth-order valence-electron chi connectivity index (χ4n) is 2.82. The predicted octanol–water partition coefficient (Wildman–Crippen LogP) is 2.35. The molecule has 0 radical (unpaired) electrons. The summed E-state index contributed by atoms with van der Waals surface area (Å²) in [5.74, 6) is 0.286. The summed E-state index contributed by atoms with van der Waals surface area (Å²) in [6, 6.07) is 9.46. The molecular weight excluding hydrogens is 264 g/mol. The Kier molecular flexibility index (Phi) is 5.76. The van der Waals surface area contributed by atoms with Crippen molar-refractivity contribution in [3.8, 4) is 0 Å². The summed E-state index contributed by atoms with van der Waals surface area (Å²) in [5.41, 5.74) is 6.60. The Morgan fingerprint density at radius 2 is 1.90 bits per heavy atom. The second-order valence-corrected chi connectivity index (χ2v) is 6.18. The van der Waals surface area contributed by atoms with Crippen LogP contribution in [0.15, 0.2) is 30.3 Å². The number of amides is 1. The summed E-state index contributed by atoms with van der Waals surface area (Å²) in [4.78, 5) is 14.0. The smallest absolute Gasteiger partial charge is 0.239 e. The van der Waals surface area contributed by atoms with E-state index >= 15 is 0 Å². The first kappa shape index (κ1) is 16.0. The number of nitrogens with two attached hydrogens (primary N) is 1. The van der Waals surface area contributed by atoms with Crippen LogP contribution in [-0.4, -0.2) is 36.6 Å². The van der Waals surface area contributed by atoms with Gasteiger partial charge in [0, 0.05) is 19.7 Å². The van der Waals surface area contributed by atoms with E-state index in [1.54, 1.807) is 0 Å². The monoisotopic (exact) mass is 290 g/mol. The molecule has 0 aromatic heterocycles. The lowest BCUT2D eigenvalue weighted by atomic mass is 10.00. The average molecular weight is 290 g/mol. The molecule has 0 bridgehead atoms. The molecule has 4 nitrogen and oxygen atoms in total. The van der Waals surface area contributed by atoms with Gasteiger partial charge in [-0.25, -0.2) is 0 Å². The SMILES string of the molecule is CC(C)COC1CCN(C(C(N)=O)c2ccccc2)CC1. The number of ether oxygens (including phenoxy) is 1. The number of benzene rings is 1. The van der Waals surface area contributed by atoms with Gasteiger partial charge in [0.15, 0.2) is 0 Å². The van der Waals surface area contributed by atoms with Crippen molar-refractivity contribution in [2.24, 2.45) is 11.7 Å². The van der Waals surface area contributed by atoms with Crippen LogP contribution in [0.2, 0.25) is 0 Å². The van der Waals surface area contributed by atoms with Gasteiger partial charge in [-0.05, 0) is 24.3 Å². The van der Waals surface area contributed by atoms with Gasteiger partial charge >= 0.3 is 0 Å². The normalized spacial score (nSPS) is 18.8. The van der Waals surface area contributed by atoms with Gasteiger partial charge in [-0.1, -0.05) is 44.2 Å². The van der Waals surface area contributed by atoms with E-state index in [2.05, 4.69) is 18.7 Å². The summed E-state index contributed by atoms with van der Waals surface area (Å²) in [6.07, 6.45) is 2.24. The zero-order valence-electron chi connectivity index (χ0n) is 13.0. The molecule has 1 atom stereocenters. The molecule has 116 valence electrons. The lowest BCUT2D eigenvalue weighted by Gasteiger charge is -2.36. The van der Waals surface area contributed by atoms with Crippen LogP contribution in [0.1, 0.15) is 38.3 Å². The largest absolute Gasteiger partial charge is 0.378 e. The van der Waals surface area contributed by atoms with E-state index < -0.39 is 0 Å². The molecule has 4 heteroatoms. The average Bonchev–Trinajstić information content (AvgIpc) is 2.47. The van der Waals surface area contributed by atoms with Crippen molar-refractivity contribution in [2.75, 3.05) is 19.7 Å². The van der Waals surface area contributed by atoms with Crippen molar-refractivity contribution < 1.29 is 9.53 Å². The van der Waals surface area contributed by atoms with Crippen LogP contribution < -0.4 is 5.73 Å². The van der Waals surface area contributed by atoms with Gasteiger partial charge in [0.25, 0.3) is 0 Å². The number of piperidine rings is 1. The zero-order valence-corrected chi connectivity index (χ0v) is 13.0. The van der Waals surface area contributed by atoms with Crippen LogP contribution >= 0.6 is 0 Å². The first-order valence-electron chi connectivity index (χ1n) is 7.78.